The third-order valence-electron chi connectivity index (χ3n) is 0.832. The molecular weight excluding hydrogens is 144 g/mol. The minimum atomic E-state index is -0.638. The third-order valence-corrected chi connectivity index (χ3v) is 0.832. The second-order valence-corrected chi connectivity index (χ2v) is 1.66. The monoisotopic (exact) mass is 156 g/mol. The Morgan fingerprint density at radius 3 is 2.82 bits per heavy atom. The van der Waals surface area contributed by atoms with Crippen molar-refractivity contribution in [1.29, 1.82) is 0 Å². The first-order valence-corrected chi connectivity index (χ1v) is 3.38. The highest BCUT2D eigenvalue weighted by Gasteiger charge is 1.97. The van der Waals surface area contributed by atoms with Gasteiger partial charge in [-0.25, -0.2) is 4.79 Å². The van der Waals surface area contributed by atoms with Crippen molar-refractivity contribution in [2.45, 2.75) is 6.92 Å². The molecule has 11 heavy (non-hydrogen) atoms. The first-order chi connectivity index (χ1) is 5.31. The van der Waals surface area contributed by atoms with Gasteiger partial charge >= 0.3 is 6.16 Å². The van der Waals surface area contributed by atoms with Crippen molar-refractivity contribution in [1.82, 2.24) is 0 Å². The fraction of sp³-hybridized carbons (Fsp3) is 0.375. The molecule has 3 heteroatoms. The van der Waals surface area contributed by atoms with Gasteiger partial charge in [-0.15, -0.1) is 0 Å². The van der Waals surface area contributed by atoms with E-state index in [1.54, 1.807) is 25.2 Å². The molecule has 3 nitrogen and oxygen atoms in total. The zero-order valence-corrected chi connectivity index (χ0v) is 6.58. The Labute approximate surface area is 66.3 Å². The summed E-state index contributed by atoms with van der Waals surface area (Å²) in [6, 6.07) is 0. The number of allylic oxidation sites excluding steroid dienone is 2. The van der Waals surface area contributed by atoms with E-state index in [1.165, 1.54) is 0 Å². The number of hydrogen-bond donors (Lipinski definition) is 0. The average Bonchev–Trinajstić information content (AvgIpc) is 1.99. The lowest BCUT2D eigenvalue weighted by Crippen LogP contribution is -2.06. The van der Waals surface area contributed by atoms with Gasteiger partial charge in [0, 0.05) is 0 Å². The summed E-state index contributed by atoms with van der Waals surface area (Å²) < 4.78 is 9.09. The van der Waals surface area contributed by atoms with E-state index in [0.29, 0.717) is 6.61 Å². The molecule has 0 aliphatic carbocycles. The molecule has 0 radical (unpaired) electrons. The summed E-state index contributed by atoms with van der Waals surface area (Å²) in [5.41, 5.74) is 0. The van der Waals surface area contributed by atoms with E-state index in [-0.39, 0.29) is 6.61 Å². The van der Waals surface area contributed by atoms with Crippen LogP contribution >= 0.6 is 0 Å². The molecule has 0 aromatic carbocycles. The summed E-state index contributed by atoms with van der Waals surface area (Å²) in [4.78, 5) is 10.5. The number of carbonyl (C=O) groups excluding carboxylic acids is 1. The minimum absolute atomic E-state index is 0.227. The van der Waals surface area contributed by atoms with E-state index in [0.717, 1.165) is 0 Å². The van der Waals surface area contributed by atoms with E-state index in [9.17, 15) is 4.79 Å². The van der Waals surface area contributed by atoms with Crippen LogP contribution in [0.15, 0.2) is 24.8 Å². The van der Waals surface area contributed by atoms with Crippen LogP contribution in [0.1, 0.15) is 6.92 Å². The van der Waals surface area contributed by atoms with Crippen LogP contribution in [-0.2, 0) is 9.47 Å². The molecule has 0 heterocycles. The van der Waals surface area contributed by atoms with E-state index >= 15 is 0 Å². The highest BCUT2D eigenvalue weighted by atomic mass is 16.7. The van der Waals surface area contributed by atoms with Crippen molar-refractivity contribution in [2.75, 3.05) is 13.2 Å². The fourth-order valence-electron chi connectivity index (χ4n) is 0.427. The molecule has 0 amide bonds. The molecule has 0 saturated carbocycles. The highest BCUT2D eigenvalue weighted by Crippen LogP contribution is 1.85. The van der Waals surface area contributed by atoms with Gasteiger partial charge in [-0.2, -0.15) is 0 Å². The second kappa shape index (κ2) is 6.86. The molecule has 0 aromatic rings. The van der Waals surface area contributed by atoms with Crippen molar-refractivity contribution in [2.24, 2.45) is 0 Å². The van der Waals surface area contributed by atoms with Gasteiger partial charge in [-0.1, -0.05) is 18.7 Å². The Bertz CT molecular complexity index is 149. The molecule has 0 rings (SSSR count). The molecule has 62 valence electrons. The summed E-state index contributed by atoms with van der Waals surface area (Å²) in [6.45, 7) is 5.74. The van der Waals surface area contributed by atoms with Gasteiger partial charge in [0.1, 0.15) is 6.61 Å². The predicted octanol–water partition coefficient (Wildman–Crippen LogP) is 1.90. The van der Waals surface area contributed by atoms with Gasteiger partial charge in [0.05, 0.1) is 6.61 Å². The topological polar surface area (TPSA) is 35.5 Å². The Balaban J connectivity index is 3.30. The molecule has 0 N–H and O–H groups in total. The van der Waals surface area contributed by atoms with Crippen molar-refractivity contribution in [3.8, 4) is 0 Å². The van der Waals surface area contributed by atoms with E-state index in [1.807, 2.05) is 0 Å². The summed E-state index contributed by atoms with van der Waals surface area (Å²) >= 11 is 0. The Morgan fingerprint density at radius 2 is 2.27 bits per heavy atom. The Hall–Kier alpha value is -1.25. The van der Waals surface area contributed by atoms with Crippen molar-refractivity contribution in [3.05, 3.63) is 24.8 Å². The quantitative estimate of drug-likeness (QED) is 0.460. The maximum atomic E-state index is 10.5. The Morgan fingerprint density at radius 1 is 1.55 bits per heavy atom. The third kappa shape index (κ3) is 6.64. The smallest absolute Gasteiger partial charge is 0.435 e. The molecule has 0 atom stereocenters. The van der Waals surface area contributed by atoms with Crippen LogP contribution in [0.2, 0.25) is 0 Å². The predicted molar refractivity (Wildman–Crippen MR) is 42.3 cm³/mol. The van der Waals surface area contributed by atoms with E-state index < -0.39 is 6.16 Å². The van der Waals surface area contributed by atoms with Crippen molar-refractivity contribution >= 4 is 6.16 Å². The SMILES string of the molecule is C=C/C=C/COC(=O)OCC. The maximum Gasteiger partial charge on any atom is 0.508 e. The van der Waals surface area contributed by atoms with Crippen molar-refractivity contribution in [3.63, 3.8) is 0 Å². The van der Waals surface area contributed by atoms with Gasteiger partial charge in [0.25, 0.3) is 0 Å². The van der Waals surface area contributed by atoms with Gasteiger partial charge in [0.15, 0.2) is 0 Å². The van der Waals surface area contributed by atoms with E-state index in [4.69, 9.17) is 0 Å². The van der Waals surface area contributed by atoms with Crippen LogP contribution in [0.3, 0.4) is 0 Å². The zero-order valence-electron chi connectivity index (χ0n) is 6.58. The van der Waals surface area contributed by atoms with Crippen LogP contribution in [0.4, 0.5) is 4.79 Å². The molecule has 0 aliphatic rings. The van der Waals surface area contributed by atoms with Gasteiger partial charge in [-0.3, -0.25) is 0 Å². The lowest BCUT2D eigenvalue weighted by atomic mass is 10.5. The van der Waals surface area contributed by atoms with Gasteiger partial charge in [-0.05, 0) is 13.0 Å². The van der Waals surface area contributed by atoms with Crippen LogP contribution in [0.25, 0.3) is 0 Å². The summed E-state index contributed by atoms with van der Waals surface area (Å²) in [5, 5.41) is 0. The number of carbonyl (C=O) groups is 1. The van der Waals surface area contributed by atoms with Crippen LogP contribution in [-0.4, -0.2) is 19.4 Å². The molecule has 0 unspecified atom stereocenters. The second-order valence-electron chi connectivity index (χ2n) is 1.66. The lowest BCUT2D eigenvalue weighted by molar-refractivity contribution is 0.0673. The van der Waals surface area contributed by atoms with Crippen molar-refractivity contribution < 1.29 is 14.3 Å². The maximum absolute atomic E-state index is 10.5. The normalized spacial score (nSPS) is 9.55. The first kappa shape index (κ1) is 9.75. The Kier molecular flexibility index (Phi) is 6.08. The number of ether oxygens (including phenoxy) is 2. The molecule has 0 bridgehead atoms. The summed E-state index contributed by atoms with van der Waals surface area (Å²) in [7, 11) is 0. The van der Waals surface area contributed by atoms with Crippen LogP contribution in [0, 0.1) is 0 Å². The molecule has 0 saturated heterocycles. The fourth-order valence-corrected chi connectivity index (χ4v) is 0.427. The molecule has 0 aromatic heterocycles. The first-order valence-electron chi connectivity index (χ1n) is 3.38. The van der Waals surface area contributed by atoms with Gasteiger partial charge < -0.3 is 9.47 Å². The van der Waals surface area contributed by atoms with E-state index in [2.05, 4.69) is 16.1 Å². The average molecular weight is 156 g/mol. The highest BCUT2D eigenvalue weighted by molar-refractivity contribution is 5.59. The minimum Gasteiger partial charge on any atom is -0.435 e. The lowest BCUT2D eigenvalue weighted by Gasteiger charge is -1.99. The summed E-state index contributed by atoms with van der Waals surface area (Å²) in [6.07, 6.45) is 4.33. The zero-order chi connectivity index (χ0) is 8.53. The van der Waals surface area contributed by atoms with Crippen LogP contribution < -0.4 is 0 Å². The number of hydrogen-bond acceptors (Lipinski definition) is 3. The number of rotatable bonds is 4. The molecule has 0 spiro atoms. The summed E-state index contributed by atoms with van der Waals surface area (Å²) in [5.74, 6) is 0. The molecule has 0 fully saturated rings. The molecule has 0 aliphatic heterocycles. The standard InChI is InChI=1S/C8H12O3/c1-3-5-6-7-11-8(9)10-4-2/h3,5-6H,1,4,7H2,2H3/b6-5+. The van der Waals surface area contributed by atoms with Crippen LogP contribution in [0.5, 0.6) is 0 Å². The largest absolute Gasteiger partial charge is 0.508 e. The molecular formula is C8H12O3. The van der Waals surface area contributed by atoms with Gasteiger partial charge in [0.2, 0.25) is 0 Å².